The lowest BCUT2D eigenvalue weighted by Gasteiger charge is -2.35. The fourth-order valence-electron chi connectivity index (χ4n) is 1.89. The second-order valence-electron chi connectivity index (χ2n) is 7.81. The predicted octanol–water partition coefficient (Wildman–Crippen LogP) is 2.85. The van der Waals surface area contributed by atoms with Gasteiger partial charge in [0.15, 0.2) is 16.6 Å². The largest absolute Gasteiger partial charge is 0.544 e. The van der Waals surface area contributed by atoms with Crippen molar-refractivity contribution in [1.82, 2.24) is 0 Å². The molecule has 0 fully saturated rings. The topological polar surface area (TPSA) is 44.8 Å². The SMILES string of the molecule is CC#CC#CC#CC#CC#CC#CC#CC#CC(=O)O[Si](C)(O[Si](C)(C)C)O[Si](C)(C)C. The fraction of sp³-hybridized carbons (Fsp3) is 0.320. The van der Waals surface area contributed by atoms with Gasteiger partial charge >= 0.3 is 14.8 Å². The minimum Gasteiger partial charge on any atom is -0.464 e. The molecule has 0 aliphatic carbocycles. The van der Waals surface area contributed by atoms with E-state index in [9.17, 15) is 4.79 Å². The average Bonchev–Trinajstić information content (AvgIpc) is 2.61. The van der Waals surface area contributed by atoms with Crippen molar-refractivity contribution in [1.29, 1.82) is 0 Å². The molecule has 0 spiro atoms. The van der Waals surface area contributed by atoms with E-state index in [0.29, 0.717) is 0 Å². The first kappa shape index (κ1) is 28.5. The number of carbonyl (C=O) groups is 1. The molecule has 0 saturated carbocycles. The van der Waals surface area contributed by atoms with Crippen LogP contribution in [0, 0.1) is 94.7 Å². The second-order valence-corrected chi connectivity index (χ2v) is 19.8. The zero-order valence-corrected chi connectivity index (χ0v) is 22.6. The van der Waals surface area contributed by atoms with Gasteiger partial charge in [0.05, 0.1) is 0 Å². The van der Waals surface area contributed by atoms with E-state index in [1.807, 2.05) is 39.3 Å². The Bertz CT molecular complexity index is 1190. The molecule has 0 aromatic heterocycles. The molecule has 0 unspecified atom stereocenters. The van der Waals surface area contributed by atoms with E-state index in [4.69, 9.17) is 12.7 Å². The summed E-state index contributed by atoms with van der Waals surface area (Å²) < 4.78 is 17.6. The van der Waals surface area contributed by atoms with Crippen molar-refractivity contribution in [2.45, 2.75) is 52.8 Å². The number of hydrogen-bond acceptors (Lipinski definition) is 4. The fourth-order valence-corrected chi connectivity index (χ4v) is 12.1. The van der Waals surface area contributed by atoms with Crippen LogP contribution in [0.4, 0.5) is 0 Å². The molecule has 0 aromatic carbocycles. The molecule has 4 nitrogen and oxygen atoms in total. The maximum Gasteiger partial charge on any atom is 0.544 e. The lowest BCUT2D eigenvalue weighted by molar-refractivity contribution is -0.130. The third kappa shape index (κ3) is 18.5. The van der Waals surface area contributed by atoms with Gasteiger partial charge in [0, 0.05) is 12.5 Å². The molecule has 0 amide bonds. The Hall–Kier alpha value is -3.48. The molecule has 7 heteroatoms. The van der Waals surface area contributed by atoms with Gasteiger partial charge in [-0.3, -0.25) is 0 Å². The summed E-state index contributed by atoms with van der Waals surface area (Å²) in [5.41, 5.74) is 0. The Labute approximate surface area is 196 Å². The maximum atomic E-state index is 12.1. The number of rotatable bonds is 5. The van der Waals surface area contributed by atoms with Crippen LogP contribution in [-0.4, -0.2) is 31.4 Å². The van der Waals surface area contributed by atoms with E-state index < -0.39 is 31.4 Å². The second kappa shape index (κ2) is 14.5. The smallest absolute Gasteiger partial charge is 0.464 e. The number of carbonyl (C=O) groups excluding carboxylic acids is 1. The molecule has 0 rings (SSSR count). The van der Waals surface area contributed by atoms with E-state index in [0.717, 1.165) is 0 Å². The summed E-state index contributed by atoms with van der Waals surface area (Å²) in [5, 5.41) is 0. The Balaban J connectivity index is 4.94. The van der Waals surface area contributed by atoms with Crippen molar-refractivity contribution in [3.8, 4) is 94.7 Å². The third-order valence-corrected chi connectivity index (χ3v) is 10.8. The third-order valence-electron chi connectivity index (χ3n) is 2.36. The Morgan fingerprint density at radius 3 is 1.16 bits per heavy atom. The highest BCUT2D eigenvalue weighted by atomic mass is 28.5. The number of hydrogen-bond donors (Lipinski definition) is 0. The first-order valence-corrected chi connectivity index (χ1v) is 18.5. The van der Waals surface area contributed by atoms with Crippen molar-refractivity contribution in [2.24, 2.45) is 0 Å². The van der Waals surface area contributed by atoms with Crippen molar-refractivity contribution in [3.05, 3.63) is 0 Å². The Kier molecular flexibility index (Phi) is 12.9. The predicted molar refractivity (Wildman–Crippen MR) is 134 cm³/mol. The standard InChI is InChI=1S/C25H24O4Si3/c1-9-10-11-12-13-14-15-16-17-18-19-20-21-22-23-24-25(26)27-32(8,28-30(2,3)4)29-31(5,6)7/h1-8H3. The molecule has 0 aromatic rings. The molecule has 0 radical (unpaired) electrons. The first-order valence-electron chi connectivity index (χ1n) is 9.43. The van der Waals surface area contributed by atoms with Crippen molar-refractivity contribution >= 4 is 31.4 Å². The summed E-state index contributed by atoms with van der Waals surface area (Å²) in [6, 6.07) is 0. The molecule has 0 aliphatic rings. The molecule has 0 aliphatic heterocycles. The van der Waals surface area contributed by atoms with E-state index in [1.54, 1.807) is 13.5 Å². The van der Waals surface area contributed by atoms with Crippen LogP contribution in [-0.2, 0) is 17.5 Å². The molecule has 0 N–H and O–H groups in total. The summed E-state index contributed by atoms with van der Waals surface area (Å²) in [5.74, 6) is 39.1. The van der Waals surface area contributed by atoms with Crippen LogP contribution in [0.2, 0.25) is 45.8 Å². The summed E-state index contributed by atoms with van der Waals surface area (Å²) in [6.07, 6.45) is 0. The summed E-state index contributed by atoms with van der Waals surface area (Å²) in [4.78, 5) is 12.1. The normalized spacial score (nSPS) is 8.88. The lowest BCUT2D eigenvalue weighted by Crippen LogP contribution is -2.55. The van der Waals surface area contributed by atoms with Crippen LogP contribution >= 0.6 is 0 Å². The Morgan fingerprint density at radius 1 is 0.531 bits per heavy atom. The zero-order valence-electron chi connectivity index (χ0n) is 19.6. The highest BCUT2D eigenvalue weighted by Crippen LogP contribution is 2.21. The minimum absolute atomic E-state index is 0.736. The summed E-state index contributed by atoms with van der Waals surface area (Å²) in [6.45, 7) is 15.5. The van der Waals surface area contributed by atoms with Gasteiger partial charge < -0.3 is 12.7 Å². The zero-order chi connectivity index (χ0) is 24.5. The van der Waals surface area contributed by atoms with Crippen molar-refractivity contribution in [3.63, 3.8) is 0 Å². The van der Waals surface area contributed by atoms with Gasteiger partial charge in [0.2, 0.25) is 0 Å². The molecule has 160 valence electrons. The van der Waals surface area contributed by atoms with E-state index in [-0.39, 0.29) is 0 Å². The molecule has 0 saturated heterocycles. The summed E-state index contributed by atoms with van der Waals surface area (Å²) >= 11 is 0. The lowest BCUT2D eigenvalue weighted by atomic mass is 10.5. The maximum absolute atomic E-state index is 12.1. The van der Waals surface area contributed by atoms with Crippen LogP contribution in [0.3, 0.4) is 0 Å². The Morgan fingerprint density at radius 2 is 0.844 bits per heavy atom. The van der Waals surface area contributed by atoms with Gasteiger partial charge in [-0.15, -0.1) is 0 Å². The van der Waals surface area contributed by atoms with Gasteiger partial charge in [0.1, 0.15) is 0 Å². The van der Waals surface area contributed by atoms with Gasteiger partial charge in [-0.05, 0) is 129 Å². The van der Waals surface area contributed by atoms with Crippen molar-refractivity contribution < 1.29 is 17.5 Å². The van der Waals surface area contributed by atoms with Crippen LogP contribution < -0.4 is 0 Å². The molecule has 32 heavy (non-hydrogen) atoms. The van der Waals surface area contributed by atoms with E-state index in [1.165, 1.54) is 0 Å². The average molecular weight is 473 g/mol. The quantitative estimate of drug-likeness (QED) is 0.456. The highest BCUT2D eigenvalue weighted by Gasteiger charge is 2.46. The molecular formula is C25H24O4Si3. The molecular weight excluding hydrogens is 449 g/mol. The van der Waals surface area contributed by atoms with Crippen LogP contribution in [0.5, 0.6) is 0 Å². The highest BCUT2D eigenvalue weighted by molar-refractivity contribution is 6.85. The van der Waals surface area contributed by atoms with Gasteiger partial charge in [-0.2, -0.15) is 0 Å². The van der Waals surface area contributed by atoms with Crippen LogP contribution in [0.15, 0.2) is 0 Å². The van der Waals surface area contributed by atoms with Gasteiger partial charge in [-0.25, -0.2) is 4.79 Å². The summed E-state index contributed by atoms with van der Waals surface area (Å²) in [7, 11) is -7.13. The monoisotopic (exact) mass is 472 g/mol. The van der Waals surface area contributed by atoms with Crippen molar-refractivity contribution in [2.75, 3.05) is 0 Å². The van der Waals surface area contributed by atoms with E-state index in [2.05, 4.69) is 94.7 Å². The van der Waals surface area contributed by atoms with Gasteiger partial charge in [0.25, 0.3) is 0 Å². The van der Waals surface area contributed by atoms with E-state index >= 15 is 0 Å². The van der Waals surface area contributed by atoms with Gasteiger partial charge in [-0.1, -0.05) is 5.92 Å². The molecule has 0 atom stereocenters. The first-order chi connectivity index (χ1) is 14.9. The molecule has 0 heterocycles. The minimum atomic E-state index is -3.15. The van der Waals surface area contributed by atoms with Crippen LogP contribution in [0.1, 0.15) is 6.92 Å². The van der Waals surface area contributed by atoms with Crippen LogP contribution in [0.25, 0.3) is 0 Å². The molecule has 0 bridgehead atoms.